The summed E-state index contributed by atoms with van der Waals surface area (Å²) in [6, 6.07) is 13.1. The molecule has 0 radical (unpaired) electrons. The van der Waals surface area contributed by atoms with Crippen molar-refractivity contribution in [1.29, 1.82) is 0 Å². The maximum Gasteiger partial charge on any atom is 0.326 e. The Bertz CT molecular complexity index is 726. The molecule has 1 amide bonds. The van der Waals surface area contributed by atoms with Crippen molar-refractivity contribution in [3.63, 3.8) is 0 Å². The summed E-state index contributed by atoms with van der Waals surface area (Å²) in [7, 11) is 0. The third-order valence-corrected chi connectivity index (χ3v) is 4.66. The Hall–Kier alpha value is -2.36. The summed E-state index contributed by atoms with van der Waals surface area (Å²) in [6.45, 7) is 2.17. The van der Waals surface area contributed by atoms with E-state index in [9.17, 15) is 14.7 Å². The number of benzene rings is 2. The zero-order valence-corrected chi connectivity index (χ0v) is 15.5. The first-order chi connectivity index (χ1) is 12.6. The molecule has 0 bridgehead atoms. The number of amides is 1. The van der Waals surface area contributed by atoms with Crippen LogP contribution in [0.4, 0.5) is 0 Å². The summed E-state index contributed by atoms with van der Waals surface area (Å²) in [5, 5.41) is 14.2. The van der Waals surface area contributed by atoms with E-state index in [1.54, 1.807) is 0 Å². The van der Waals surface area contributed by atoms with Crippen molar-refractivity contribution in [3.05, 3.63) is 48.0 Å². The maximum atomic E-state index is 12.3. The van der Waals surface area contributed by atoms with E-state index in [2.05, 4.69) is 12.2 Å². The van der Waals surface area contributed by atoms with Gasteiger partial charge in [-0.05, 0) is 22.8 Å². The van der Waals surface area contributed by atoms with Crippen LogP contribution in [-0.4, -0.2) is 23.0 Å². The smallest absolute Gasteiger partial charge is 0.326 e. The van der Waals surface area contributed by atoms with Gasteiger partial charge < -0.3 is 10.4 Å². The fourth-order valence-corrected chi connectivity index (χ4v) is 3.17. The van der Waals surface area contributed by atoms with Crippen LogP contribution in [0.5, 0.6) is 0 Å². The van der Waals surface area contributed by atoms with Crippen LogP contribution < -0.4 is 5.32 Å². The van der Waals surface area contributed by atoms with E-state index in [4.69, 9.17) is 0 Å². The minimum absolute atomic E-state index is 0.200. The highest BCUT2D eigenvalue weighted by atomic mass is 16.4. The fourth-order valence-electron chi connectivity index (χ4n) is 3.17. The van der Waals surface area contributed by atoms with E-state index in [0.29, 0.717) is 6.42 Å². The summed E-state index contributed by atoms with van der Waals surface area (Å²) < 4.78 is 0. The highest BCUT2D eigenvalue weighted by molar-refractivity contribution is 5.87. The zero-order valence-electron chi connectivity index (χ0n) is 15.5. The molecule has 2 aromatic carbocycles. The highest BCUT2D eigenvalue weighted by Crippen LogP contribution is 2.16. The van der Waals surface area contributed by atoms with Crippen LogP contribution in [0.1, 0.15) is 57.4 Å². The van der Waals surface area contributed by atoms with Gasteiger partial charge in [0, 0.05) is 0 Å². The number of unbranched alkanes of at least 4 members (excludes halogenated alkanes) is 5. The molecule has 0 aliphatic heterocycles. The quantitative estimate of drug-likeness (QED) is 0.574. The average Bonchev–Trinajstić information content (AvgIpc) is 2.63. The lowest BCUT2D eigenvalue weighted by Crippen LogP contribution is -2.41. The maximum absolute atomic E-state index is 12.3. The number of hydrogen-bond donors (Lipinski definition) is 2. The predicted octanol–water partition coefficient (Wildman–Crippen LogP) is 4.70. The van der Waals surface area contributed by atoms with Crippen molar-refractivity contribution in [1.82, 2.24) is 5.32 Å². The first kappa shape index (κ1) is 20.0. The van der Waals surface area contributed by atoms with Gasteiger partial charge in [0.05, 0.1) is 6.42 Å². The molecule has 1 atom stereocenters. The van der Waals surface area contributed by atoms with Gasteiger partial charge in [-0.1, -0.05) is 87.9 Å². The van der Waals surface area contributed by atoms with Crippen molar-refractivity contribution in [2.75, 3.05) is 0 Å². The normalized spacial score (nSPS) is 12.0. The molecular weight excluding hydrogens is 326 g/mol. The van der Waals surface area contributed by atoms with E-state index < -0.39 is 12.0 Å². The Morgan fingerprint density at radius 3 is 2.38 bits per heavy atom. The lowest BCUT2D eigenvalue weighted by Gasteiger charge is -2.14. The second kappa shape index (κ2) is 10.6. The molecule has 0 saturated heterocycles. The topological polar surface area (TPSA) is 66.4 Å². The number of rotatable bonds is 11. The number of carboxylic acid groups (broad SMARTS) is 1. The number of carbonyl (C=O) groups excluding carboxylic acids is 1. The van der Waals surface area contributed by atoms with Gasteiger partial charge in [0.15, 0.2) is 0 Å². The molecule has 0 aliphatic rings. The van der Waals surface area contributed by atoms with Crippen molar-refractivity contribution >= 4 is 22.6 Å². The van der Waals surface area contributed by atoms with Gasteiger partial charge in [0.25, 0.3) is 0 Å². The van der Waals surface area contributed by atoms with Crippen molar-refractivity contribution in [2.45, 2.75) is 64.3 Å². The molecule has 4 heteroatoms. The van der Waals surface area contributed by atoms with E-state index in [1.807, 2.05) is 42.5 Å². The highest BCUT2D eigenvalue weighted by Gasteiger charge is 2.19. The lowest BCUT2D eigenvalue weighted by molar-refractivity contribution is -0.142. The SMILES string of the molecule is CCCCCCCC[C@H](NC(=O)Cc1ccc2ccccc2c1)C(=O)O. The minimum Gasteiger partial charge on any atom is -0.480 e. The van der Waals surface area contributed by atoms with Crippen LogP contribution in [0, 0.1) is 0 Å². The predicted molar refractivity (Wildman–Crippen MR) is 105 cm³/mol. The molecule has 0 fully saturated rings. The van der Waals surface area contributed by atoms with Crippen LogP contribution >= 0.6 is 0 Å². The number of fused-ring (bicyclic) bond motifs is 1. The summed E-state index contributed by atoms with van der Waals surface area (Å²) in [5.41, 5.74) is 0.893. The molecule has 2 aromatic rings. The Morgan fingerprint density at radius 1 is 0.962 bits per heavy atom. The van der Waals surface area contributed by atoms with E-state index in [0.717, 1.165) is 35.6 Å². The summed E-state index contributed by atoms with van der Waals surface area (Å²) in [5.74, 6) is -1.19. The molecule has 26 heavy (non-hydrogen) atoms. The molecule has 0 aromatic heterocycles. The Balaban J connectivity index is 1.83. The van der Waals surface area contributed by atoms with Gasteiger partial charge in [-0.3, -0.25) is 4.79 Å². The Kier molecular flexibility index (Phi) is 8.13. The second-order valence-electron chi connectivity index (χ2n) is 6.87. The standard InChI is InChI=1S/C22H29NO3/c1-2-3-4-5-6-7-12-20(22(25)26)23-21(24)16-17-13-14-18-10-8-9-11-19(18)15-17/h8-11,13-15,20H,2-7,12,16H2,1H3,(H,23,24)(H,25,26)/t20-/m0/s1. The van der Waals surface area contributed by atoms with Gasteiger partial charge in [-0.15, -0.1) is 0 Å². The first-order valence-corrected chi connectivity index (χ1v) is 9.60. The van der Waals surface area contributed by atoms with E-state index in [-0.39, 0.29) is 12.3 Å². The van der Waals surface area contributed by atoms with Crippen LogP contribution in [-0.2, 0) is 16.0 Å². The van der Waals surface area contributed by atoms with Crippen LogP contribution in [0.2, 0.25) is 0 Å². The number of aliphatic carboxylic acids is 1. The lowest BCUT2D eigenvalue weighted by atomic mass is 10.0. The van der Waals surface area contributed by atoms with Gasteiger partial charge >= 0.3 is 5.97 Å². The first-order valence-electron chi connectivity index (χ1n) is 9.60. The van der Waals surface area contributed by atoms with Crippen molar-refractivity contribution in [3.8, 4) is 0 Å². The van der Waals surface area contributed by atoms with Crippen LogP contribution in [0.3, 0.4) is 0 Å². The van der Waals surface area contributed by atoms with Gasteiger partial charge in [-0.2, -0.15) is 0 Å². The molecule has 0 spiro atoms. The number of carboxylic acids is 1. The summed E-state index contributed by atoms with van der Waals surface area (Å²) in [6.07, 6.45) is 7.29. The molecule has 2 rings (SSSR count). The van der Waals surface area contributed by atoms with Crippen molar-refractivity contribution < 1.29 is 14.7 Å². The molecule has 0 heterocycles. The molecule has 2 N–H and O–H groups in total. The second-order valence-corrected chi connectivity index (χ2v) is 6.87. The molecular formula is C22H29NO3. The van der Waals surface area contributed by atoms with Gasteiger partial charge in [0.1, 0.15) is 6.04 Å². The van der Waals surface area contributed by atoms with Gasteiger partial charge in [0.2, 0.25) is 5.91 Å². The number of carbonyl (C=O) groups is 2. The molecule has 4 nitrogen and oxygen atoms in total. The van der Waals surface area contributed by atoms with Crippen molar-refractivity contribution in [2.24, 2.45) is 0 Å². The molecule has 140 valence electrons. The molecule has 0 saturated carbocycles. The van der Waals surface area contributed by atoms with Crippen LogP contribution in [0.25, 0.3) is 10.8 Å². The summed E-state index contributed by atoms with van der Waals surface area (Å²) in [4.78, 5) is 23.7. The molecule has 0 unspecified atom stereocenters. The third kappa shape index (κ3) is 6.51. The number of hydrogen-bond acceptors (Lipinski definition) is 2. The Morgan fingerprint density at radius 2 is 1.65 bits per heavy atom. The summed E-state index contributed by atoms with van der Waals surface area (Å²) >= 11 is 0. The van der Waals surface area contributed by atoms with Gasteiger partial charge in [-0.25, -0.2) is 4.79 Å². The molecule has 0 aliphatic carbocycles. The average molecular weight is 355 g/mol. The number of nitrogens with one attached hydrogen (secondary N) is 1. The zero-order chi connectivity index (χ0) is 18.8. The fraction of sp³-hybridized carbons (Fsp3) is 0.455. The largest absolute Gasteiger partial charge is 0.480 e. The Labute approximate surface area is 155 Å². The van der Waals surface area contributed by atoms with Crippen LogP contribution in [0.15, 0.2) is 42.5 Å². The monoisotopic (exact) mass is 355 g/mol. The minimum atomic E-state index is -0.953. The third-order valence-electron chi connectivity index (χ3n) is 4.66. The van der Waals surface area contributed by atoms with E-state index >= 15 is 0 Å². The van der Waals surface area contributed by atoms with E-state index in [1.165, 1.54) is 19.3 Å².